The Kier molecular flexibility index (Phi) is 5.42. The zero-order valence-corrected chi connectivity index (χ0v) is 14.1. The van der Waals surface area contributed by atoms with Crippen LogP contribution in [-0.4, -0.2) is 66.9 Å². The van der Waals surface area contributed by atoms with Crippen molar-refractivity contribution in [2.45, 2.75) is 12.2 Å². The number of hydrogen-bond acceptors (Lipinski definition) is 6. The van der Waals surface area contributed by atoms with Crippen molar-refractivity contribution in [1.82, 2.24) is 20.2 Å². The molecule has 10 heteroatoms. The average molecular weight is 373 g/mol. The lowest BCUT2D eigenvalue weighted by molar-refractivity contribution is -0.181. The van der Waals surface area contributed by atoms with E-state index in [0.717, 1.165) is 6.33 Å². The van der Waals surface area contributed by atoms with Crippen molar-refractivity contribution in [2.24, 2.45) is 0 Å². The number of aromatic nitrogens is 2. The summed E-state index contributed by atoms with van der Waals surface area (Å²) in [6.07, 6.45) is -3.28. The van der Waals surface area contributed by atoms with Crippen molar-refractivity contribution in [3.63, 3.8) is 0 Å². The second-order valence-corrected chi connectivity index (χ2v) is 5.92. The number of halogens is 4. The number of methoxy groups -OCH3 is 1. The highest BCUT2D eigenvalue weighted by atomic mass is 19.4. The maximum atomic E-state index is 14.3. The van der Waals surface area contributed by atoms with Gasteiger partial charge in [-0.05, 0) is 12.1 Å². The van der Waals surface area contributed by atoms with Gasteiger partial charge >= 0.3 is 6.18 Å². The SMILES string of the molecule is COc1ccc2c(NCC(N3CCNCC3)C(F)(F)F)ncnc2c1F. The molecular formula is C16H19F4N5O. The molecular weight excluding hydrogens is 354 g/mol. The summed E-state index contributed by atoms with van der Waals surface area (Å²) in [5, 5.41) is 6.05. The average Bonchev–Trinajstić information content (AvgIpc) is 2.62. The van der Waals surface area contributed by atoms with Gasteiger partial charge in [-0.3, -0.25) is 4.90 Å². The number of ether oxygens (including phenoxy) is 1. The van der Waals surface area contributed by atoms with Crippen molar-refractivity contribution in [3.05, 3.63) is 24.3 Å². The predicted molar refractivity (Wildman–Crippen MR) is 88.8 cm³/mol. The number of nitrogens with one attached hydrogen (secondary N) is 2. The van der Waals surface area contributed by atoms with E-state index in [1.165, 1.54) is 24.1 Å². The standard InChI is InChI=1S/C16H19F4N5O/c1-26-11-3-2-10-14(13(11)17)23-9-24-15(10)22-8-12(16(18,19)20)25-6-4-21-5-7-25/h2-3,9,12,21H,4-8H2,1H3,(H,22,23,24). The van der Waals surface area contributed by atoms with Gasteiger partial charge < -0.3 is 15.4 Å². The minimum absolute atomic E-state index is 0.00687. The minimum Gasteiger partial charge on any atom is -0.494 e. The number of rotatable bonds is 5. The smallest absolute Gasteiger partial charge is 0.405 e. The Morgan fingerprint density at radius 3 is 2.65 bits per heavy atom. The van der Waals surface area contributed by atoms with Crippen LogP contribution in [0, 0.1) is 5.82 Å². The lowest BCUT2D eigenvalue weighted by atomic mass is 10.2. The molecule has 1 aliphatic heterocycles. The van der Waals surface area contributed by atoms with E-state index >= 15 is 0 Å². The van der Waals surface area contributed by atoms with E-state index in [0.29, 0.717) is 31.6 Å². The normalized spacial score (nSPS) is 17.3. The van der Waals surface area contributed by atoms with E-state index in [9.17, 15) is 17.6 Å². The molecule has 1 aliphatic rings. The molecule has 1 unspecified atom stereocenters. The van der Waals surface area contributed by atoms with Crippen molar-refractivity contribution >= 4 is 16.7 Å². The predicted octanol–water partition coefficient (Wildman–Crippen LogP) is 2.03. The Morgan fingerprint density at radius 1 is 1.27 bits per heavy atom. The first-order valence-corrected chi connectivity index (χ1v) is 8.14. The molecule has 0 aliphatic carbocycles. The summed E-state index contributed by atoms with van der Waals surface area (Å²) in [7, 11) is 1.33. The molecule has 0 bridgehead atoms. The second-order valence-electron chi connectivity index (χ2n) is 5.92. The number of fused-ring (bicyclic) bond motifs is 1. The third kappa shape index (κ3) is 3.80. The summed E-state index contributed by atoms with van der Waals surface area (Å²) < 4.78 is 59.6. The van der Waals surface area contributed by atoms with Crippen LogP contribution in [0.1, 0.15) is 0 Å². The van der Waals surface area contributed by atoms with Crippen LogP contribution in [0.5, 0.6) is 5.75 Å². The molecule has 0 spiro atoms. The monoisotopic (exact) mass is 373 g/mol. The molecule has 1 atom stereocenters. The Hall–Kier alpha value is -2.20. The minimum atomic E-state index is -4.39. The van der Waals surface area contributed by atoms with Crippen LogP contribution in [0.4, 0.5) is 23.4 Å². The molecule has 2 N–H and O–H groups in total. The van der Waals surface area contributed by atoms with E-state index in [1.54, 1.807) is 0 Å². The van der Waals surface area contributed by atoms with E-state index < -0.39 is 18.0 Å². The molecule has 1 fully saturated rings. The van der Waals surface area contributed by atoms with Gasteiger partial charge in [-0.15, -0.1) is 0 Å². The third-order valence-corrected chi connectivity index (χ3v) is 4.36. The number of alkyl halides is 3. The summed E-state index contributed by atoms with van der Waals surface area (Å²) in [6.45, 7) is 1.25. The van der Waals surface area contributed by atoms with Crippen LogP contribution in [0.3, 0.4) is 0 Å². The molecule has 26 heavy (non-hydrogen) atoms. The number of hydrogen-bond donors (Lipinski definition) is 2. The molecule has 0 radical (unpaired) electrons. The molecule has 1 aromatic heterocycles. The van der Waals surface area contributed by atoms with Gasteiger partial charge in [-0.1, -0.05) is 0 Å². The van der Waals surface area contributed by atoms with E-state index in [4.69, 9.17) is 4.74 Å². The molecule has 142 valence electrons. The fourth-order valence-corrected chi connectivity index (χ4v) is 3.01. The van der Waals surface area contributed by atoms with Crippen LogP contribution in [0.2, 0.25) is 0 Å². The highest BCUT2D eigenvalue weighted by Crippen LogP contribution is 2.29. The van der Waals surface area contributed by atoms with Crippen molar-refractivity contribution in [2.75, 3.05) is 45.2 Å². The fourth-order valence-electron chi connectivity index (χ4n) is 3.01. The Labute approximate surface area is 147 Å². The number of piperazine rings is 1. The van der Waals surface area contributed by atoms with Crippen LogP contribution < -0.4 is 15.4 Å². The van der Waals surface area contributed by atoms with Crippen LogP contribution in [0.25, 0.3) is 10.9 Å². The maximum absolute atomic E-state index is 14.3. The first kappa shape index (κ1) is 18.6. The fraction of sp³-hybridized carbons (Fsp3) is 0.500. The number of benzene rings is 1. The van der Waals surface area contributed by atoms with Crippen molar-refractivity contribution in [3.8, 4) is 5.75 Å². The third-order valence-electron chi connectivity index (χ3n) is 4.36. The van der Waals surface area contributed by atoms with Crippen LogP contribution in [-0.2, 0) is 0 Å². The largest absolute Gasteiger partial charge is 0.494 e. The zero-order chi connectivity index (χ0) is 18.7. The molecule has 1 saturated heterocycles. The first-order chi connectivity index (χ1) is 12.4. The van der Waals surface area contributed by atoms with Crippen LogP contribution >= 0.6 is 0 Å². The lowest BCUT2D eigenvalue weighted by Gasteiger charge is -2.36. The van der Waals surface area contributed by atoms with Gasteiger partial charge in [-0.25, -0.2) is 14.4 Å². The molecule has 3 rings (SSSR count). The summed E-state index contributed by atoms with van der Waals surface area (Å²) in [5.41, 5.74) is -0.00687. The first-order valence-electron chi connectivity index (χ1n) is 8.14. The molecule has 0 amide bonds. The lowest BCUT2D eigenvalue weighted by Crippen LogP contribution is -2.56. The van der Waals surface area contributed by atoms with E-state index in [1.807, 2.05) is 0 Å². The van der Waals surface area contributed by atoms with Gasteiger partial charge in [0.05, 0.1) is 7.11 Å². The van der Waals surface area contributed by atoms with Crippen molar-refractivity contribution in [1.29, 1.82) is 0 Å². The number of anilines is 1. The summed E-state index contributed by atoms with van der Waals surface area (Å²) >= 11 is 0. The highest BCUT2D eigenvalue weighted by Gasteiger charge is 2.43. The second kappa shape index (κ2) is 7.58. The summed E-state index contributed by atoms with van der Waals surface area (Å²) in [4.78, 5) is 9.23. The van der Waals surface area contributed by atoms with Gasteiger partial charge in [0.15, 0.2) is 11.6 Å². The van der Waals surface area contributed by atoms with Crippen LogP contribution in [0.15, 0.2) is 18.5 Å². The highest BCUT2D eigenvalue weighted by molar-refractivity contribution is 5.90. The molecule has 0 saturated carbocycles. The summed E-state index contributed by atoms with van der Waals surface area (Å²) in [5.74, 6) is -0.512. The van der Waals surface area contributed by atoms with Gasteiger partial charge in [0.25, 0.3) is 0 Å². The quantitative estimate of drug-likeness (QED) is 0.782. The Morgan fingerprint density at radius 2 is 2.00 bits per heavy atom. The molecule has 1 aromatic carbocycles. The Bertz CT molecular complexity index is 764. The van der Waals surface area contributed by atoms with Gasteiger partial charge in [0, 0.05) is 38.1 Å². The molecule has 2 aromatic rings. The zero-order valence-electron chi connectivity index (χ0n) is 14.1. The van der Waals surface area contributed by atoms with Crippen molar-refractivity contribution < 1.29 is 22.3 Å². The maximum Gasteiger partial charge on any atom is 0.405 e. The van der Waals surface area contributed by atoms with Gasteiger partial charge in [0.1, 0.15) is 23.7 Å². The van der Waals surface area contributed by atoms with Gasteiger partial charge in [0.2, 0.25) is 0 Å². The Balaban J connectivity index is 1.84. The number of nitrogens with zero attached hydrogens (tertiary/aromatic N) is 3. The summed E-state index contributed by atoms with van der Waals surface area (Å²) in [6, 6.07) is 1.26. The van der Waals surface area contributed by atoms with E-state index in [2.05, 4.69) is 20.6 Å². The molecule has 2 heterocycles. The molecule has 6 nitrogen and oxygen atoms in total. The van der Waals surface area contributed by atoms with E-state index in [-0.39, 0.29) is 23.6 Å². The van der Waals surface area contributed by atoms with Gasteiger partial charge in [-0.2, -0.15) is 13.2 Å². The topological polar surface area (TPSA) is 62.3 Å².